The molecule has 0 amide bonds. The summed E-state index contributed by atoms with van der Waals surface area (Å²) in [6, 6.07) is 0. The molecule has 0 radical (unpaired) electrons. The van der Waals surface area contributed by atoms with Crippen molar-refractivity contribution in [3.8, 4) is 0 Å². The minimum absolute atomic E-state index is 0.335. The maximum absolute atomic E-state index is 9.94. The van der Waals surface area contributed by atoms with Crippen LogP contribution in [0.15, 0.2) is 0 Å². The molecule has 60 valence electrons. The lowest BCUT2D eigenvalue weighted by Gasteiger charge is -2.36. The molecule has 1 saturated carbocycles. The third kappa shape index (κ3) is 1.64. The summed E-state index contributed by atoms with van der Waals surface area (Å²) in [6.45, 7) is 2.16. The molecule has 1 nitrogen and oxygen atoms in total. The summed E-state index contributed by atoms with van der Waals surface area (Å²) in [4.78, 5) is 0. The molecule has 10 heavy (non-hydrogen) atoms. The first-order valence-electron chi connectivity index (χ1n) is 3.97. The highest BCUT2D eigenvalue weighted by Gasteiger charge is 2.34. The molecule has 1 aliphatic rings. The Morgan fingerprint density at radius 3 is 2.70 bits per heavy atom. The monoisotopic (exact) mass is 254 g/mol. The Balaban J connectivity index is 2.54. The number of rotatable bonds is 1. The summed E-state index contributed by atoms with van der Waals surface area (Å²) in [5.74, 6) is 0.512. The summed E-state index contributed by atoms with van der Waals surface area (Å²) in [7, 11) is 0. The van der Waals surface area contributed by atoms with Gasteiger partial charge in [0, 0.05) is 4.43 Å². The molecule has 0 heterocycles. The quantitative estimate of drug-likeness (QED) is 0.562. The van der Waals surface area contributed by atoms with Crippen LogP contribution in [0.2, 0.25) is 0 Å². The molecule has 0 unspecified atom stereocenters. The summed E-state index contributed by atoms with van der Waals surface area (Å²) in [5, 5.41) is 9.94. The van der Waals surface area contributed by atoms with Crippen molar-refractivity contribution < 1.29 is 5.11 Å². The Labute approximate surface area is 76.3 Å². The standard InChI is InChI=1S/C8H15IO/c1-7-4-2-3-5-8(7,10)6-9/h7,10H,2-6H2,1H3/t7-,8-/m1/s1. The van der Waals surface area contributed by atoms with Gasteiger partial charge in [0.05, 0.1) is 5.60 Å². The van der Waals surface area contributed by atoms with Crippen LogP contribution in [0.5, 0.6) is 0 Å². The minimum Gasteiger partial charge on any atom is -0.389 e. The Hall–Kier alpha value is 0.690. The third-order valence-electron chi connectivity index (χ3n) is 2.65. The normalized spacial score (nSPS) is 41.7. The Kier molecular flexibility index (Phi) is 2.98. The van der Waals surface area contributed by atoms with Gasteiger partial charge in [-0.2, -0.15) is 0 Å². The first-order chi connectivity index (χ1) is 4.69. The lowest BCUT2D eigenvalue weighted by atomic mass is 9.78. The van der Waals surface area contributed by atoms with Gasteiger partial charge in [-0.3, -0.25) is 0 Å². The number of hydrogen-bond donors (Lipinski definition) is 1. The molecule has 1 N–H and O–H groups in total. The summed E-state index contributed by atoms with van der Waals surface area (Å²) in [6.07, 6.45) is 4.74. The van der Waals surface area contributed by atoms with Crippen LogP contribution in [0.25, 0.3) is 0 Å². The van der Waals surface area contributed by atoms with Crippen LogP contribution in [0, 0.1) is 5.92 Å². The summed E-state index contributed by atoms with van der Waals surface area (Å²) >= 11 is 2.29. The highest BCUT2D eigenvalue weighted by molar-refractivity contribution is 14.1. The van der Waals surface area contributed by atoms with Crippen molar-refractivity contribution in [2.75, 3.05) is 4.43 Å². The van der Waals surface area contributed by atoms with E-state index in [2.05, 4.69) is 29.5 Å². The van der Waals surface area contributed by atoms with Crippen LogP contribution in [0.1, 0.15) is 32.6 Å². The second kappa shape index (κ2) is 3.39. The molecule has 1 aliphatic carbocycles. The number of alkyl halides is 1. The average molecular weight is 254 g/mol. The maximum Gasteiger partial charge on any atom is 0.0762 e. The van der Waals surface area contributed by atoms with Crippen LogP contribution >= 0.6 is 22.6 Å². The molecule has 0 bridgehead atoms. The molecule has 1 rings (SSSR count). The van der Waals surface area contributed by atoms with E-state index in [1.807, 2.05) is 0 Å². The predicted octanol–water partition coefficient (Wildman–Crippen LogP) is 2.36. The van der Waals surface area contributed by atoms with Gasteiger partial charge in [-0.1, -0.05) is 42.4 Å². The molecule has 2 heteroatoms. The molecule has 0 saturated heterocycles. The fraction of sp³-hybridized carbons (Fsp3) is 1.00. The van der Waals surface area contributed by atoms with E-state index >= 15 is 0 Å². The van der Waals surface area contributed by atoms with Crippen LogP contribution in [-0.4, -0.2) is 15.1 Å². The Morgan fingerprint density at radius 1 is 1.60 bits per heavy atom. The van der Waals surface area contributed by atoms with Gasteiger partial charge >= 0.3 is 0 Å². The molecular formula is C8H15IO. The van der Waals surface area contributed by atoms with Gasteiger partial charge in [0.15, 0.2) is 0 Å². The topological polar surface area (TPSA) is 20.2 Å². The largest absolute Gasteiger partial charge is 0.389 e. The van der Waals surface area contributed by atoms with Crippen molar-refractivity contribution >= 4 is 22.6 Å². The van der Waals surface area contributed by atoms with Crippen molar-refractivity contribution in [3.05, 3.63) is 0 Å². The molecule has 0 aromatic heterocycles. The lowest BCUT2D eigenvalue weighted by molar-refractivity contribution is -0.0167. The summed E-state index contributed by atoms with van der Waals surface area (Å²) in [5.41, 5.74) is -0.335. The number of aliphatic hydroxyl groups is 1. The van der Waals surface area contributed by atoms with Gasteiger partial charge in [0.1, 0.15) is 0 Å². The van der Waals surface area contributed by atoms with E-state index in [4.69, 9.17) is 0 Å². The SMILES string of the molecule is C[C@@H]1CCCC[C@@]1(O)CI. The smallest absolute Gasteiger partial charge is 0.0762 e. The number of hydrogen-bond acceptors (Lipinski definition) is 1. The number of halogens is 1. The van der Waals surface area contributed by atoms with Crippen LogP contribution < -0.4 is 0 Å². The van der Waals surface area contributed by atoms with Gasteiger partial charge in [-0.05, 0) is 18.8 Å². The van der Waals surface area contributed by atoms with Crippen molar-refractivity contribution in [2.24, 2.45) is 5.92 Å². The van der Waals surface area contributed by atoms with Crippen LogP contribution in [-0.2, 0) is 0 Å². The van der Waals surface area contributed by atoms with E-state index in [1.54, 1.807) is 0 Å². The van der Waals surface area contributed by atoms with Gasteiger partial charge in [-0.25, -0.2) is 0 Å². The molecule has 0 aliphatic heterocycles. The third-order valence-corrected chi connectivity index (χ3v) is 3.97. The van der Waals surface area contributed by atoms with Gasteiger partial charge in [0.25, 0.3) is 0 Å². The maximum atomic E-state index is 9.94. The molecule has 0 aromatic carbocycles. The Morgan fingerprint density at radius 2 is 2.30 bits per heavy atom. The average Bonchev–Trinajstić information content (AvgIpc) is 1.96. The van der Waals surface area contributed by atoms with Crippen molar-refractivity contribution in [2.45, 2.75) is 38.2 Å². The molecule has 2 atom stereocenters. The summed E-state index contributed by atoms with van der Waals surface area (Å²) < 4.78 is 0.895. The van der Waals surface area contributed by atoms with E-state index in [9.17, 15) is 5.11 Å². The fourth-order valence-corrected chi connectivity index (χ4v) is 2.73. The van der Waals surface area contributed by atoms with Gasteiger partial charge < -0.3 is 5.11 Å². The van der Waals surface area contributed by atoms with Crippen molar-refractivity contribution in [3.63, 3.8) is 0 Å². The van der Waals surface area contributed by atoms with Gasteiger partial charge in [-0.15, -0.1) is 0 Å². The van der Waals surface area contributed by atoms with Crippen molar-refractivity contribution in [1.82, 2.24) is 0 Å². The van der Waals surface area contributed by atoms with Crippen molar-refractivity contribution in [1.29, 1.82) is 0 Å². The lowest BCUT2D eigenvalue weighted by Crippen LogP contribution is -2.40. The minimum atomic E-state index is -0.335. The molecular weight excluding hydrogens is 239 g/mol. The van der Waals surface area contributed by atoms with E-state index in [0.29, 0.717) is 5.92 Å². The fourth-order valence-electron chi connectivity index (χ4n) is 1.60. The zero-order valence-electron chi connectivity index (χ0n) is 6.44. The van der Waals surface area contributed by atoms with Gasteiger partial charge in [0.2, 0.25) is 0 Å². The zero-order chi connectivity index (χ0) is 7.61. The van der Waals surface area contributed by atoms with E-state index in [0.717, 1.165) is 10.8 Å². The van der Waals surface area contributed by atoms with Crippen LogP contribution in [0.3, 0.4) is 0 Å². The second-order valence-corrected chi connectivity index (χ2v) is 4.15. The predicted molar refractivity (Wildman–Crippen MR) is 51.5 cm³/mol. The molecule has 1 fully saturated rings. The second-order valence-electron chi connectivity index (χ2n) is 3.38. The highest BCUT2D eigenvalue weighted by Crippen LogP contribution is 2.34. The molecule has 0 aromatic rings. The van der Waals surface area contributed by atoms with E-state index in [-0.39, 0.29) is 5.60 Å². The first-order valence-corrected chi connectivity index (χ1v) is 5.50. The van der Waals surface area contributed by atoms with E-state index in [1.165, 1.54) is 19.3 Å². The molecule has 0 spiro atoms. The Bertz CT molecular complexity index is 116. The first kappa shape index (κ1) is 8.78. The van der Waals surface area contributed by atoms with E-state index < -0.39 is 0 Å². The highest BCUT2D eigenvalue weighted by atomic mass is 127. The van der Waals surface area contributed by atoms with Crippen LogP contribution in [0.4, 0.5) is 0 Å². The zero-order valence-corrected chi connectivity index (χ0v) is 8.60.